The van der Waals surface area contributed by atoms with Gasteiger partial charge >= 0.3 is 0 Å². The van der Waals surface area contributed by atoms with E-state index in [1.165, 1.54) is 54.8 Å². The predicted molar refractivity (Wildman–Crippen MR) is 176 cm³/mol. The topological polar surface area (TPSA) is 18.1 Å². The first kappa shape index (κ1) is 23.1. The second-order valence-corrected chi connectivity index (χ2v) is 10.9. The molecule has 0 saturated carbocycles. The molecule has 0 aliphatic rings. The standard InChI is InChI=1S/C40H25NO/c1-2-12-26(13-3-1)28-24-27-14-4-5-15-29(27)34(25-28)32-18-11-23-38-39(32)33-19-10-22-37(40(33)42-38)41-35-20-8-6-16-30(35)31-17-7-9-21-36(31)41/h1-25H. The Bertz CT molecular complexity index is 2410. The van der Waals surface area contributed by atoms with E-state index in [-0.39, 0.29) is 0 Å². The Morgan fingerprint density at radius 2 is 1.07 bits per heavy atom. The molecule has 0 atom stereocenters. The monoisotopic (exact) mass is 535 g/mol. The van der Waals surface area contributed by atoms with Crippen LogP contribution in [0.4, 0.5) is 0 Å². The van der Waals surface area contributed by atoms with Crippen LogP contribution >= 0.6 is 0 Å². The van der Waals surface area contributed by atoms with Gasteiger partial charge in [0.2, 0.25) is 0 Å². The molecule has 9 rings (SSSR count). The summed E-state index contributed by atoms with van der Waals surface area (Å²) in [6, 6.07) is 54.2. The summed E-state index contributed by atoms with van der Waals surface area (Å²) in [6.07, 6.45) is 0. The number of para-hydroxylation sites is 3. The average Bonchev–Trinajstić information content (AvgIpc) is 3.61. The van der Waals surface area contributed by atoms with Crippen molar-refractivity contribution in [3.05, 3.63) is 152 Å². The van der Waals surface area contributed by atoms with Crippen LogP contribution in [0.15, 0.2) is 156 Å². The molecule has 0 saturated heterocycles. The molecule has 7 aromatic carbocycles. The highest BCUT2D eigenvalue weighted by Crippen LogP contribution is 2.43. The molecule has 0 aliphatic carbocycles. The molecule has 0 radical (unpaired) electrons. The molecule has 0 fully saturated rings. The minimum absolute atomic E-state index is 0.893. The normalized spacial score (nSPS) is 11.8. The zero-order valence-electron chi connectivity index (χ0n) is 22.8. The molecule has 2 heterocycles. The van der Waals surface area contributed by atoms with Gasteiger partial charge in [0.05, 0.1) is 16.7 Å². The van der Waals surface area contributed by atoms with Gasteiger partial charge in [0.25, 0.3) is 0 Å². The maximum atomic E-state index is 6.77. The fourth-order valence-corrected chi connectivity index (χ4v) is 6.75. The third-order valence-electron chi connectivity index (χ3n) is 8.58. The van der Waals surface area contributed by atoms with Crippen molar-refractivity contribution in [2.24, 2.45) is 0 Å². The molecule has 196 valence electrons. The number of furan rings is 1. The van der Waals surface area contributed by atoms with Gasteiger partial charge in [-0.25, -0.2) is 0 Å². The van der Waals surface area contributed by atoms with E-state index in [1.54, 1.807) is 0 Å². The van der Waals surface area contributed by atoms with Crippen LogP contribution in [-0.2, 0) is 0 Å². The summed E-state index contributed by atoms with van der Waals surface area (Å²) in [5, 5.41) is 7.21. The number of hydrogen-bond donors (Lipinski definition) is 0. The van der Waals surface area contributed by atoms with Gasteiger partial charge in [-0.15, -0.1) is 0 Å². The van der Waals surface area contributed by atoms with Crippen molar-refractivity contribution in [2.45, 2.75) is 0 Å². The highest BCUT2D eigenvalue weighted by Gasteiger charge is 2.20. The van der Waals surface area contributed by atoms with Gasteiger partial charge in [-0.05, 0) is 69.4 Å². The average molecular weight is 536 g/mol. The zero-order chi connectivity index (χ0) is 27.6. The Kier molecular flexibility index (Phi) is 4.93. The lowest BCUT2D eigenvalue weighted by molar-refractivity contribution is 0.666. The molecular weight excluding hydrogens is 510 g/mol. The van der Waals surface area contributed by atoms with Gasteiger partial charge in [-0.1, -0.05) is 115 Å². The van der Waals surface area contributed by atoms with Crippen LogP contribution in [0.2, 0.25) is 0 Å². The van der Waals surface area contributed by atoms with Crippen molar-refractivity contribution in [1.29, 1.82) is 0 Å². The van der Waals surface area contributed by atoms with E-state index < -0.39 is 0 Å². The third-order valence-corrected chi connectivity index (χ3v) is 8.58. The summed E-state index contributed by atoms with van der Waals surface area (Å²) >= 11 is 0. The van der Waals surface area contributed by atoms with Crippen LogP contribution in [0.5, 0.6) is 0 Å². The predicted octanol–water partition coefficient (Wildman–Crippen LogP) is 11.2. The van der Waals surface area contributed by atoms with Crippen molar-refractivity contribution in [1.82, 2.24) is 4.57 Å². The summed E-state index contributed by atoms with van der Waals surface area (Å²) in [6.45, 7) is 0. The van der Waals surface area contributed by atoms with E-state index in [9.17, 15) is 0 Å². The van der Waals surface area contributed by atoms with Gasteiger partial charge in [0, 0.05) is 21.5 Å². The summed E-state index contributed by atoms with van der Waals surface area (Å²) in [5.41, 5.74) is 10.0. The number of rotatable bonds is 3. The van der Waals surface area contributed by atoms with Crippen LogP contribution in [0.25, 0.3) is 82.5 Å². The summed E-state index contributed by atoms with van der Waals surface area (Å²) in [4.78, 5) is 0. The fourth-order valence-electron chi connectivity index (χ4n) is 6.75. The molecule has 0 N–H and O–H groups in total. The lowest BCUT2D eigenvalue weighted by Gasteiger charge is -2.12. The molecule has 2 heteroatoms. The molecule has 0 bridgehead atoms. The van der Waals surface area contributed by atoms with Crippen molar-refractivity contribution in [3.63, 3.8) is 0 Å². The van der Waals surface area contributed by atoms with E-state index in [0.29, 0.717) is 0 Å². The Balaban J connectivity index is 1.37. The number of nitrogens with zero attached hydrogens (tertiary/aromatic N) is 1. The van der Waals surface area contributed by atoms with Gasteiger partial charge in [0.15, 0.2) is 5.58 Å². The Labute approximate surface area is 242 Å². The number of aromatic nitrogens is 1. The van der Waals surface area contributed by atoms with Gasteiger partial charge in [-0.2, -0.15) is 0 Å². The fraction of sp³-hybridized carbons (Fsp3) is 0. The summed E-state index contributed by atoms with van der Waals surface area (Å²) < 4.78 is 9.12. The molecule has 0 unspecified atom stereocenters. The molecule has 2 nitrogen and oxygen atoms in total. The van der Waals surface area contributed by atoms with E-state index in [0.717, 1.165) is 27.6 Å². The van der Waals surface area contributed by atoms with Gasteiger partial charge < -0.3 is 8.98 Å². The summed E-state index contributed by atoms with van der Waals surface area (Å²) in [7, 11) is 0. The quantitative estimate of drug-likeness (QED) is 0.220. The highest BCUT2D eigenvalue weighted by molar-refractivity contribution is 6.18. The van der Waals surface area contributed by atoms with E-state index in [2.05, 4.69) is 156 Å². The Morgan fingerprint density at radius 1 is 0.429 bits per heavy atom. The van der Waals surface area contributed by atoms with Crippen molar-refractivity contribution in [3.8, 4) is 27.9 Å². The lowest BCUT2D eigenvalue weighted by atomic mass is 9.91. The zero-order valence-corrected chi connectivity index (χ0v) is 22.8. The molecule has 9 aromatic rings. The minimum Gasteiger partial charge on any atom is -0.454 e. The van der Waals surface area contributed by atoms with Crippen LogP contribution in [0.3, 0.4) is 0 Å². The molecule has 0 amide bonds. The molecular formula is C40H25NO. The second kappa shape index (κ2) is 8.95. The largest absolute Gasteiger partial charge is 0.454 e. The summed E-state index contributed by atoms with van der Waals surface area (Å²) in [5.74, 6) is 0. The third kappa shape index (κ3) is 3.33. The van der Waals surface area contributed by atoms with E-state index >= 15 is 0 Å². The van der Waals surface area contributed by atoms with Crippen LogP contribution in [0, 0.1) is 0 Å². The van der Waals surface area contributed by atoms with Crippen molar-refractivity contribution < 1.29 is 4.42 Å². The first-order valence-corrected chi connectivity index (χ1v) is 14.4. The maximum Gasteiger partial charge on any atom is 0.159 e. The van der Waals surface area contributed by atoms with Gasteiger partial charge in [-0.3, -0.25) is 0 Å². The lowest BCUT2D eigenvalue weighted by Crippen LogP contribution is -1.94. The molecule has 2 aromatic heterocycles. The maximum absolute atomic E-state index is 6.77. The number of hydrogen-bond acceptors (Lipinski definition) is 1. The second-order valence-electron chi connectivity index (χ2n) is 10.9. The van der Waals surface area contributed by atoms with Crippen molar-refractivity contribution >= 4 is 54.5 Å². The van der Waals surface area contributed by atoms with Crippen LogP contribution in [-0.4, -0.2) is 4.57 Å². The van der Waals surface area contributed by atoms with E-state index in [4.69, 9.17) is 4.42 Å². The SMILES string of the molecule is c1ccc(-c2cc(-c3cccc4oc5c(-n6c7ccccc7c7ccccc76)cccc5c34)c3ccccc3c2)cc1. The molecule has 0 aliphatic heterocycles. The highest BCUT2D eigenvalue weighted by atomic mass is 16.3. The van der Waals surface area contributed by atoms with Gasteiger partial charge in [0.1, 0.15) is 5.58 Å². The Morgan fingerprint density at radius 3 is 1.86 bits per heavy atom. The number of benzene rings is 7. The molecule has 42 heavy (non-hydrogen) atoms. The van der Waals surface area contributed by atoms with Crippen LogP contribution < -0.4 is 0 Å². The van der Waals surface area contributed by atoms with Crippen molar-refractivity contribution in [2.75, 3.05) is 0 Å². The Hall–Kier alpha value is -5.60. The molecule has 0 spiro atoms. The minimum atomic E-state index is 0.893. The first-order valence-electron chi connectivity index (χ1n) is 14.4. The number of fused-ring (bicyclic) bond motifs is 7. The first-order chi connectivity index (χ1) is 20.8. The smallest absolute Gasteiger partial charge is 0.159 e. The van der Waals surface area contributed by atoms with E-state index in [1.807, 2.05) is 0 Å². The van der Waals surface area contributed by atoms with Crippen LogP contribution in [0.1, 0.15) is 0 Å².